The number of hydrazone groups is 1. The van der Waals surface area contributed by atoms with Crippen LogP contribution in [0.2, 0.25) is 10.0 Å². The maximum absolute atomic E-state index is 12.3. The summed E-state index contributed by atoms with van der Waals surface area (Å²) in [5.41, 5.74) is 4.06. The molecule has 2 N–H and O–H groups in total. The van der Waals surface area contributed by atoms with Crippen molar-refractivity contribution in [1.82, 2.24) is 10.7 Å². The molecule has 8 nitrogen and oxygen atoms in total. The quantitative estimate of drug-likeness (QED) is 0.306. The van der Waals surface area contributed by atoms with Gasteiger partial charge in [0.2, 0.25) is 0 Å². The molecular weight excluding hydrogens is 493 g/mol. The van der Waals surface area contributed by atoms with Crippen LogP contribution in [0.4, 0.5) is 0 Å². The van der Waals surface area contributed by atoms with Crippen LogP contribution in [0.1, 0.15) is 21.5 Å². The molecule has 0 radical (unpaired) electrons. The van der Waals surface area contributed by atoms with Gasteiger partial charge < -0.3 is 19.5 Å². The smallest absolute Gasteiger partial charge is 0.259 e. The molecule has 0 saturated heterocycles. The van der Waals surface area contributed by atoms with Crippen LogP contribution in [-0.2, 0) is 11.4 Å². The van der Waals surface area contributed by atoms with Gasteiger partial charge in [-0.3, -0.25) is 9.59 Å². The number of halogens is 2. The lowest BCUT2D eigenvalue weighted by Crippen LogP contribution is -2.34. The molecular formula is C25H23Cl2N3O5. The van der Waals surface area contributed by atoms with E-state index >= 15 is 0 Å². The average molecular weight is 516 g/mol. The Bertz CT molecular complexity index is 1230. The Balaban J connectivity index is 1.56. The summed E-state index contributed by atoms with van der Waals surface area (Å²) in [4.78, 5) is 24.5. The number of hydrogen-bond donors (Lipinski definition) is 2. The number of nitrogens with zero attached hydrogens (tertiary/aromatic N) is 1. The maximum Gasteiger partial charge on any atom is 0.259 e. The summed E-state index contributed by atoms with van der Waals surface area (Å²) in [5, 5.41) is 7.53. The largest absolute Gasteiger partial charge is 0.493 e. The Morgan fingerprint density at radius 1 is 0.943 bits per heavy atom. The van der Waals surface area contributed by atoms with Crippen molar-refractivity contribution in [2.45, 2.75) is 6.61 Å². The van der Waals surface area contributed by atoms with E-state index in [4.69, 9.17) is 37.4 Å². The van der Waals surface area contributed by atoms with Gasteiger partial charge in [0.05, 0.1) is 27.0 Å². The van der Waals surface area contributed by atoms with Gasteiger partial charge in [0, 0.05) is 26.7 Å². The van der Waals surface area contributed by atoms with E-state index < -0.39 is 11.8 Å². The summed E-state index contributed by atoms with van der Waals surface area (Å²) in [6.07, 6.45) is 1.40. The van der Waals surface area contributed by atoms with E-state index in [9.17, 15) is 9.59 Å². The fourth-order valence-corrected chi connectivity index (χ4v) is 3.35. The van der Waals surface area contributed by atoms with E-state index in [-0.39, 0.29) is 13.2 Å². The SMILES string of the molecule is COc1ccc(C(=O)NCC(=O)N/N=C\c2cc(Cl)ccc2OCc2ccccc2Cl)cc1OC. The highest BCUT2D eigenvalue weighted by molar-refractivity contribution is 6.31. The van der Waals surface area contributed by atoms with Crippen molar-refractivity contribution in [3.63, 3.8) is 0 Å². The molecule has 0 saturated carbocycles. The van der Waals surface area contributed by atoms with Crippen LogP contribution >= 0.6 is 23.2 Å². The van der Waals surface area contributed by atoms with Gasteiger partial charge in [-0.2, -0.15) is 5.10 Å². The van der Waals surface area contributed by atoms with E-state index in [2.05, 4.69) is 15.8 Å². The van der Waals surface area contributed by atoms with Gasteiger partial charge in [0.25, 0.3) is 11.8 Å². The minimum absolute atomic E-state index is 0.247. The Morgan fingerprint density at radius 2 is 1.69 bits per heavy atom. The topological polar surface area (TPSA) is 98.2 Å². The summed E-state index contributed by atoms with van der Waals surface area (Å²) in [5.74, 6) is 0.440. The zero-order chi connectivity index (χ0) is 25.2. The molecule has 0 spiro atoms. The molecule has 3 aromatic carbocycles. The molecule has 0 unspecified atom stereocenters. The van der Waals surface area contributed by atoms with Gasteiger partial charge in [-0.15, -0.1) is 0 Å². The standard InChI is InChI=1S/C25H23Cl2N3O5/c1-33-22-9-7-16(12-23(22)34-2)25(32)28-14-24(31)30-29-13-18-11-19(26)8-10-21(18)35-15-17-5-3-4-6-20(17)27/h3-13H,14-15H2,1-2H3,(H,28,32)(H,30,31)/b29-13-. The second-order valence-corrected chi connectivity index (χ2v) is 7.95. The van der Waals surface area contributed by atoms with E-state index in [0.717, 1.165) is 5.56 Å². The molecule has 0 aliphatic heterocycles. The molecule has 0 bridgehead atoms. The summed E-state index contributed by atoms with van der Waals surface area (Å²) in [7, 11) is 2.97. The number of amides is 2. The van der Waals surface area contributed by atoms with Crippen LogP contribution < -0.4 is 25.0 Å². The molecule has 2 amide bonds. The van der Waals surface area contributed by atoms with Crippen LogP contribution in [0.3, 0.4) is 0 Å². The van der Waals surface area contributed by atoms with Crippen LogP contribution in [0.15, 0.2) is 65.8 Å². The molecule has 3 aromatic rings. The number of hydrogen-bond acceptors (Lipinski definition) is 6. The van der Waals surface area contributed by atoms with Crippen LogP contribution in [0.25, 0.3) is 0 Å². The van der Waals surface area contributed by atoms with Gasteiger partial charge in [0.1, 0.15) is 12.4 Å². The molecule has 0 heterocycles. The van der Waals surface area contributed by atoms with E-state index in [0.29, 0.717) is 38.4 Å². The fourth-order valence-electron chi connectivity index (χ4n) is 2.98. The second kappa shape index (κ2) is 12.6. The van der Waals surface area contributed by atoms with Crippen molar-refractivity contribution in [3.8, 4) is 17.2 Å². The predicted molar refractivity (Wildman–Crippen MR) is 135 cm³/mol. The summed E-state index contributed by atoms with van der Waals surface area (Å²) < 4.78 is 16.2. The molecule has 35 heavy (non-hydrogen) atoms. The lowest BCUT2D eigenvalue weighted by Gasteiger charge is -2.11. The summed E-state index contributed by atoms with van der Waals surface area (Å²) in [6, 6.07) is 17.1. The van der Waals surface area contributed by atoms with Gasteiger partial charge in [-0.25, -0.2) is 5.43 Å². The van der Waals surface area contributed by atoms with Crippen molar-refractivity contribution in [3.05, 3.63) is 87.4 Å². The normalized spacial score (nSPS) is 10.6. The Morgan fingerprint density at radius 3 is 2.43 bits per heavy atom. The van der Waals surface area contributed by atoms with Crippen molar-refractivity contribution < 1.29 is 23.8 Å². The number of ether oxygens (including phenoxy) is 3. The second-order valence-electron chi connectivity index (χ2n) is 7.11. The van der Waals surface area contributed by atoms with Gasteiger partial charge in [-0.05, 0) is 42.5 Å². The fraction of sp³-hybridized carbons (Fsp3) is 0.160. The molecule has 0 fully saturated rings. The van der Waals surface area contributed by atoms with Gasteiger partial charge in [0.15, 0.2) is 11.5 Å². The monoisotopic (exact) mass is 515 g/mol. The van der Waals surface area contributed by atoms with Crippen molar-refractivity contribution in [2.24, 2.45) is 5.10 Å². The molecule has 0 aromatic heterocycles. The molecule has 0 atom stereocenters. The molecule has 10 heteroatoms. The highest BCUT2D eigenvalue weighted by atomic mass is 35.5. The number of carbonyl (C=O) groups excluding carboxylic acids is 2. The highest BCUT2D eigenvalue weighted by Gasteiger charge is 2.12. The van der Waals surface area contributed by atoms with Crippen LogP contribution in [0, 0.1) is 0 Å². The lowest BCUT2D eigenvalue weighted by atomic mass is 10.2. The Hall–Kier alpha value is -3.75. The number of carbonyl (C=O) groups is 2. The third-order valence-electron chi connectivity index (χ3n) is 4.76. The van der Waals surface area contributed by atoms with E-state index in [1.165, 1.54) is 26.5 Å². The maximum atomic E-state index is 12.3. The van der Waals surface area contributed by atoms with Crippen LogP contribution in [-0.4, -0.2) is 38.8 Å². The van der Waals surface area contributed by atoms with E-state index in [1.54, 1.807) is 36.4 Å². The first-order chi connectivity index (χ1) is 16.9. The Labute approximate surface area is 212 Å². The average Bonchev–Trinajstić information content (AvgIpc) is 2.87. The van der Waals surface area contributed by atoms with Crippen molar-refractivity contribution in [2.75, 3.05) is 20.8 Å². The minimum Gasteiger partial charge on any atom is -0.493 e. The predicted octanol–water partition coefficient (Wildman–Crippen LogP) is 4.47. The minimum atomic E-state index is -0.518. The summed E-state index contributed by atoms with van der Waals surface area (Å²) in [6.45, 7) is -0.0351. The Kier molecular flexibility index (Phi) is 9.34. The van der Waals surface area contributed by atoms with Crippen LogP contribution in [0.5, 0.6) is 17.2 Å². The third-order valence-corrected chi connectivity index (χ3v) is 5.36. The lowest BCUT2D eigenvalue weighted by molar-refractivity contribution is -0.120. The number of nitrogens with one attached hydrogen (secondary N) is 2. The number of benzene rings is 3. The first-order valence-corrected chi connectivity index (χ1v) is 11.1. The first-order valence-electron chi connectivity index (χ1n) is 10.4. The van der Waals surface area contributed by atoms with Crippen molar-refractivity contribution >= 4 is 41.2 Å². The molecule has 0 aliphatic rings. The first kappa shape index (κ1) is 25.9. The molecule has 0 aliphatic carbocycles. The number of rotatable bonds is 10. The van der Waals surface area contributed by atoms with Crippen molar-refractivity contribution in [1.29, 1.82) is 0 Å². The third kappa shape index (κ3) is 7.37. The summed E-state index contributed by atoms with van der Waals surface area (Å²) >= 11 is 12.3. The molecule has 3 rings (SSSR count). The molecule has 182 valence electrons. The van der Waals surface area contributed by atoms with E-state index in [1.807, 2.05) is 18.2 Å². The zero-order valence-electron chi connectivity index (χ0n) is 19.0. The number of methoxy groups -OCH3 is 2. The zero-order valence-corrected chi connectivity index (χ0v) is 20.5. The van der Waals surface area contributed by atoms with Gasteiger partial charge >= 0.3 is 0 Å². The highest BCUT2D eigenvalue weighted by Crippen LogP contribution is 2.27. The van der Waals surface area contributed by atoms with Gasteiger partial charge in [-0.1, -0.05) is 41.4 Å².